The smallest absolute Gasteiger partial charge is 0.276 e. The van der Waals surface area contributed by atoms with Crippen LogP contribution in [-0.4, -0.2) is 35.6 Å². The first kappa shape index (κ1) is 18.4. The van der Waals surface area contributed by atoms with Gasteiger partial charge in [-0.1, -0.05) is 66.7 Å². The molecule has 1 atom stereocenters. The van der Waals surface area contributed by atoms with Crippen molar-refractivity contribution in [3.8, 4) is 0 Å². The van der Waals surface area contributed by atoms with Gasteiger partial charge >= 0.3 is 0 Å². The molecule has 1 unspecified atom stereocenters. The van der Waals surface area contributed by atoms with Crippen LogP contribution in [0.4, 0.5) is 0 Å². The van der Waals surface area contributed by atoms with Crippen molar-refractivity contribution in [1.29, 1.82) is 0 Å². The lowest BCUT2D eigenvalue weighted by Gasteiger charge is -2.33. The fraction of sp³-hybridized carbons (Fsp3) is 0.304. The summed E-state index contributed by atoms with van der Waals surface area (Å²) in [4.78, 5) is 14.8. The SMILES string of the molecule is CCc1ccc(C2CN(C(=O)c3cc(Cc4ccccc4)on3)CCN2)cc1. The number of hydrogen-bond acceptors (Lipinski definition) is 4. The van der Waals surface area contributed by atoms with Gasteiger partial charge in [-0.3, -0.25) is 4.79 Å². The van der Waals surface area contributed by atoms with Crippen LogP contribution in [0.15, 0.2) is 65.2 Å². The summed E-state index contributed by atoms with van der Waals surface area (Å²) in [5.41, 5.74) is 4.05. The quantitative estimate of drug-likeness (QED) is 0.740. The largest absolute Gasteiger partial charge is 0.360 e. The molecule has 1 N–H and O–H groups in total. The van der Waals surface area contributed by atoms with E-state index in [1.165, 1.54) is 11.1 Å². The molecule has 1 fully saturated rings. The first-order valence-corrected chi connectivity index (χ1v) is 9.84. The number of carbonyl (C=O) groups is 1. The minimum atomic E-state index is -0.0697. The van der Waals surface area contributed by atoms with Crippen molar-refractivity contribution < 1.29 is 9.32 Å². The lowest BCUT2D eigenvalue weighted by molar-refractivity contribution is 0.0692. The van der Waals surface area contributed by atoms with E-state index in [4.69, 9.17) is 4.52 Å². The van der Waals surface area contributed by atoms with E-state index in [2.05, 4.69) is 41.7 Å². The maximum atomic E-state index is 12.9. The Labute approximate surface area is 165 Å². The van der Waals surface area contributed by atoms with Crippen LogP contribution in [0.3, 0.4) is 0 Å². The van der Waals surface area contributed by atoms with Gasteiger partial charge in [0, 0.05) is 38.2 Å². The van der Waals surface area contributed by atoms with E-state index in [1.54, 1.807) is 6.07 Å². The Hall–Kier alpha value is -2.92. The molecule has 0 spiro atoms. The molecule has 5 heteroatoms. The van der Waals surface area contributed by atoms with Gasteiger partial charge in [-0.2, -0.15) is 0 Å². The Bertz CT molecular complexity index is 919. The highest BCUT2D eigenvalue weighted by Crippen LogP contribution is 2.20. The van der Waals surface area contributed by atoms with Gasteiger partial charge < -0.3 is 14.7 Å². The summed E-state index contributed by atoms with van der Waals surface area (Å²) in [6.07, 6.45) is 1.66. The molecule has 5 nitrogen and oxygen atoms in total. The minimum Gasteiger partial charge on any atom is -0.360 e. The molecule has 28 heavy (non-hydrogen) atoms. The van der Waals surface area contributed by atoms with Crippen LogP contribution in [0.25, 0.3) is 0 Å². The summed E-state index contributed by atoms with van der Waals surface area (Å²) in [5, 5.41) is 7.53. The predicted octanol–water partition coefficient (Wildman–Crippen LogP) is 3.61. The van der Waals surface area contributed by atoms with Gasteiger partial charge in [-0.15, -0.1) is 0 Å². The maximum absolute atomic E-state index is 12.9. The van der Waals surface area contributed by atoms with Gasteiger partial charge in [-0.25, -0.2) is 0 Å². The average molecular weight is 375 g/mol. The number of nitrogens with zero attached hydrogens (tertiary/aromatic N) is 2. The summed E-state index contributed by atoms with van der Waals surface area (Å²) >= 11 is 0. The number of aromatic nitrogens is 1. The van der Waals surface area contributed by atoms with Crippen molar-refractivity contribution in [1.82, 2.24) is 15.4 Å². The zero-order chi connectivity index (χ0) is 19.3. The Morgan fingerprint density at radius 3 is 2.68 bits per heavy atom. The molecule has 0 saturated carbocycles. The van der Waals surface area contributed by atoms with Crippen molar-refractivity contribution in [2.45, 2.75) is 25.8 Å². The van der Waals surface area contributed by atoms with Gasteiger partial charge in [0.2, 0.25) is 0 Å². The number of hydrogen-bond donors (Lipinski definition) is 1. The molecule has 1 aromatic heterocycles. The highest BCUT2D eigenvalue weighted by molar-refractivity contribution is 5.92. The third kappa shape index (κ3) is 4.15. The van der Waals surface area contributed by atoms with E-state index in [9.17, 15) is 4.79 Å². The standard InChI is InChI=1S/C23H25N3O2/c1-2-17-8-10-19(11-9-17)22-16-26(13-12-24-22)23(27)21-15-20(28-25-21)14-18-6-4-3-5-7-18/h3-11,15,22,24H,2,12-14,16H2,1H3. The van der Waals surface area contributed by atoms with Crippen LogP contribution in [0.1, 0.15) is 45.9 Å². The van der Waals surface area contributed by atoms with Gasteiger partial charge in [0.05, 0.1) is 0 Å². The van der Waals surface area contributed by atoms with Crippen molar-refractivity contribution in [3.63, 3.8) is 0 Å². The number of piperazine rings is 1. The third-order valence-electron chi connectivity index (χ3n) is 5.25. The Morgan fingerprint density at radius 2 is 1.93 bits per heavy atom. The zero-order valence-corrected chi connectivity index (χ0v) is 16.1. The highest BCUT2D eigenvalue weighted by atomic mass is 16.5. The molecule has 1 aliphatic heterocycles. The molecule has 2 aromatic carbocycles. The summed E-state index contributed by atoms with van der Waals surface area (Å²) in [7, 11) is 0. The van der Waals surface area contributed by atoms with E-state index in [0.29, 0.717) is 31.0 Å². The first-order valence-electron chi connectivity index (χ1n) is 9.84. The summed E-state index contributed by atoms with van der Waals surface area (Å²) in [6.45, 7) is 4.22. The van der Waals surface area contributed by atoms with Crippen LogP contribution < -0.4 is 5.32 Å². The monoisotopic (exact) mass is 375 g/mol. The Morgan fingerprint density at radius 1 is 1.14 bits per heavy atom. The van der Waals surface area contributed by atoms with Crippen LogP contribution in [0.5, 0.6) is 0 Å². The second-order valence-corrected chi connectivity index (χ2v) is 7.19. The summed E-state index contributed by atoms with van der Waals surface area (Å²) in [6, 6.07) is 20.6. The predicted molar refractivity (Wildman–Crippen MR) is 108 cm³/mol. The third-order valence-corrected chi connectivity index (χ3v) is 5.25. The van der Waals surface area contributed by atoms with E-state index < -0.39 is 0 Å². The van der Waals surface area contributed by atoms with Gasteiger partial charge in [0.15, 0.2) is 5.69 Å². The van der Waals surface area contributed by atoms with E-state index in [1.807, 2.05) is 35.2 Å². The summed E-state index contributed by atoms with van der Waals surface area (Å²) in [5.74, 6) is 0.635. The Kier molecular flexibility index (Phi) is 5.53. The average Bonchev–Trinajstić information content (AvgIpc) is 3.22. The molecule has 0 radical (unpaired) electrons. The minimum absolute atomic E-state index is 0.0697. The fourth-order valence-electron chi connectivity index (χ4n) is 3.60. The maximum Gasteiger partial charge on any atom is 0.276 e. The van der Waals surface area contributed by atoms with Gasteiger partial charge in [-0.05, 0) is 23.1 Å². The normalized spacial score (nSPS) is 16.9. The van der Waals surface area contributed by atoms with Crippen molar-refractivity contribution in [3.05, 3.63) is 88.8 Å². The van der Waals surface area contributed by atoms with Crippen LogP contribution in [0, 0.1) is 0 Å². The van der Waals surface area contributed by atoms with E-state index in [-0.39, 0.29) is 11.9 Å². The number of amides is 1. The topological polar surface area (TPSA) is 58.4 Å². The van der Waals surface area contributed by atoms with Crippen LogP contribution in [-0.2, 0) is 12.8 Å². The molecule has 1 amide bonds. The molecule has 1 aliphatic rings. The number of nitrogens with one attached hydrogen (secondary N) is 1. The molecule has 144 valence electrons. The molecular weight excluding hydrogens is 350 g/mol. The molecule has 0 bridgehead atoms. The van der Waals surface area contributed by atoms with Crippen LogP contribution >= 0.6 is 0 Å². The molecule has 2 heterocycles. The van der Waals surface area contributed by atoms with Gasteiger partial charge in [0.25, 0.3) is 5.91 Å². The van der Waals surface area contributed by atoms with Gasteiger partial charge in [0.1, 0.15) is 5.76 Å². The number of rotatable bonds is 5. The molecule has 0 aliphatic carbocycles. The molecular formula is C23H25N3O2. The Balaban J connectivity index is 1.42. The highest BCUT2D eigenvalue weighted by Gasteiger charge is 2.27. The lowest BCUT2D eigenvalue weighted by atomic mass is 10.0. The van der Waals surface area contributed by atoms with E-state index >= 15 is 0 Å². The molecule has 3 aromatic rings. The van der Waals surface area contributed by atoms with E-state index in [0.717, 1.165) is 18.5 Å². The first-order chi connectivity index (χ1) is 13.7. The van der Waals surface area contributed by atoms with Crippen molar-refractivity contribution >= 4 is 5.91 Å². The second kappa shape index (κ2) is 8.40. The fourth-order valence-corrected chi connectivity index (χ4v) is 3.60. The second-order valence-electron chi connectivity index (χ2n) is 7.19. The molecule has 4 rings (SSSR count). The van der Waals surface area contributed by atoms with Crippen LogP contribution in [0.2, 0.25) is 0 Å². The number of carbonyl (C=O) groups excluding carboxylic acids is 1. The molecule has 1 saturated heterocycles. The zero-order valence-electron chi connectivity index (χ0n) is 16.1. The van der Waals surface area contributed by atoms with Crippen molar-refractivity contribution in [2.24, 2.45) is 0 Å². The summed E-state index contributed by atoms with van der Waals surface area (Å²) < 4.78 is 5.40. The lowest BCUT2D eigenvalue weighted by Crippen LogP contribution is -2.48. The number of aryl methyl sites for hydroxylation is 1. The van der Waals surface area contributed by atoms with Crippen molar-refractivity contribution in [2.75, 3.05) is 19.6 Å². The number of benzene rings is 2.